The van der Waals surface area contributed by atoms with Crippen LogP contribution in [0.25, 0.3) is 0 Å². The Morgan fingerprint density at radius 2 is 2.00 bits per heavy atom. The van der Waals surface area contributed by atoms with Gasteiger partial charge in [0.15, 0.2) is 0 Å². The van der Waals surface area contributed by atoms with Gasteiger partial charge >= 0.3 is 5.97 Å². The first-order valence-corrected chi connectivity index (χ1v) is 11.2. The van der Waals surface area contributed by atoms with Crippen LogP contribution in [0.3, 0.4) is 0 Å². The summed E-state index contributed by atoms with van der Waals surface area (Å²) in [5, 5.41) is 7.11. The molecule has 2 N–H and O–H groups in total. The van der Waals surface area contributed by atoms with E-state index in [4.69, 9.17) is 21.1 Å². The predicted molar refractivity (Wildman–Crippen MR) is 121 cm³/mol. The topological polar surface area (TPSA) is 79.9 Å². The number of carbonyl (C=O) groups excluding carboxylic acids is 2. The molecule has 0 spiro atoms. The van der Waals surface area contributed by atoms with Gasteiger partial charge < -0.3 is 25.0 Å². The summed E-state index contributed by atoms with van der Waals surface area (Å²) >= 11 is 7.56. The van der Waals surface area contributed by atoms with E-state index in [-0.39, 0.29) is 19.1 Å². The number of rotatable bonds is 8. The number of benzene rings is 1. The van der Waals surface area contributed by atoms with Gasteiger partial charge in [-0.25, -0.2) is 4.79 Å². The van der Waals surface area contributed by atoms with Crippen LogP contribution in [0.1, 0.15) is 29.1 Å². The van der Waals surface area contributed by atoms with E-state index in [1.807, 2.05) is 25.1 Å². The lowest BCUT2D eigenvalue weighted by molar-refractivity contribution is -0.114. The van der Waals surface area contributed by atoms with Crippen LogP contribution in [0.15, 0.2) is 24.3 Å². The van der Waals surface area contributed by atoms with Crippen molar-refractivity contribution in [2.45, 2.75) is 20.3 Å². The Morgan fingerprint density at radius 3 is 2.70 bits per heavy atom. The van der Waals surface area contributed by atoms with Crippen molar-refractivity contribution in [3.8, 4) is 0 Å². The Bertz CT molecular complexity index is 896. The molecule has 2 aromatic rings. The second kappa shape index (κ2) is 10.7. The zero-order chi connectivity index (χ0) is 21.5. The molecule has 1 aromatic carbocycles. The molecule has 1 saturated heterocycles. The minimum atomic E-state index is -0.429. The molecule has 0 saturated carbocycles. The zero-order valence-electron chi connectivity index (χ0n) is 17.1. The lowest BCUT2D eigenvalue weighted by Crippen LogP contribution is -2.36. The average Bonchev–Trinajstić information content (AvgIpc) is 3.16. The van der Waals surface area contributed by atoms with Crippen molar-refractivity contribution in [3.63, 3.8) is 0 Å². The highest BCUT2D eigenvalue weighted by Crippen LogP contribution is 2.31. The number of amides is 1. The molecule has 9 heteroatoms. The van der Waals surface area contributed by atoms with E-state index in [2.05, 4.69) is 15.5 Å². The summed E-state index contributed by atoms with van der Waals surface area (Å²) in [6, 6.07) is 7.36. The average molecular weight is 452 g/mol. The number of nitrogens with one attached hydrogen (secondary N) is 2. The number of anilines is 3. The molecule has 7 nitrogen and oxygen atoms in total. The third kappa shape index (κ3) is 5.65. The minimum absolute atomic E-state index is 0.0410. The lowest BCUT2D eigenvalue weighted by Gasteiger charge is -2.30. The lowest BCUT2D eigenvalue weighted by atomic mass is 10.2. The van der Waals surface area contributed by atoms with E-state index in [0.717, 1.165) is 35.8 Å². The summed E-state index contributed by atoms with van der Waals surface area (Å²) in [4.78, 5) is 28.0. The fourth-order valence-electron chi connectivity index (χ4n) is 3.15. The summed E-state index contributed by atoms with van der Waals surface area (Å²) in [5.41, 5.74) is 2.15. The molecule has 0 radical (unpaired) electrons. The van der Waals surface area contributed by atoms with Gasteiger partial charge in [-0.2, -0.15) is 0 Å². The number of hydrogen-bond donors (Lipinski definition) is 2. The number of hydrogen-bond acceptors (Lipinski definition) is 7. The van der Waals surface area contributed by atoms with Crippen molar-refractivity contribution in [3.05, 3.63) is 39.7 Å². The van der Waals surface area contributed by atoms with Crippen molar-refractivity contribution in [2.24, 2.45) is 0 Å². The molecule has 3 rings (SSSR count). The van der Waals surface area contributed by atoms with Gasteiger partial charge in [0.1, 0.15) is 5.00 Å². The van der Waals surface area contributed by atoms with Gasteiger partial charge in [-0.05, 0) is 37.6 Å². The second-order valence-corrected chi connectivity index (χ2v) is 8.27. The van der Waals surface area contributed by atoms with Crippen LogP contribution in [0.5, 0.6) is 0 Å². The predicted octanol–water partition coefficient (Wildman–Crippen LogP) is 4.03. The Kier molecular flexibility index (Phi) is 7.95. The number of esters is 1. The second-order valence-electron chi connectivity index (χ2n) is 6.69. The standard InChI is InChI=1S/C21H26ClN3O4S/c1-3-15-12-16(21(27)29-4-2)20(30-15)24-19(26)13-23-17-11-14(22)5-6-18(17)25-7-9-28-10-8-25/h5-6,11-12,23H,3-4,7-10,13H2,1-2H3,(H,24,26). The van der Waals surface area contributed by atoms with Crippen LogP contribution < -0.4 is 15.5 Å². The Morgan fingerprint density at radius 1 is 1.23 bits per heavy atom. The number of thiophene rings is 1. The van der Waals surface area contributed by atoms with E-state index in [0.29, 0.717) is 28.8 Å². The maximum Gasteiger partial charge on any atom is 0.341 e. The van der Waals surface area contributed by atoms with Crippen molar-refractivity contribution in [2.75, 3.05) is 55.0 Å². The Labute approximate surface area is 185 Å². The molecule has 1 fully saturated rings. The number of aryl methyl sites for hydroxylation is 1. The maximum atomic E-state index is 12.6. The zero-order valence-corrected chi connectivity index (χ0v) is 18.7. The van der Waals surface area contributed by atoms with Crippen LogP contribution in [0.2, 0.25) is 5.02 Å². The third-order valence-corrected chi connectivity index (χ3v) is 6.06. The van der Waals surface area contributed by atoms with Gasteiger partial charge in [-0.15, -0.1) is 11.3 Å². The number of halogens is 1. The van der Waals surface area contributed by atoms with Gasteiger partial charge in [0, 0.05) is 23.0 Å². The molecule has 0 unspecified atom stereocenters. The molecule has 0 aliphatic carbocycles. The Balaban J connectivity index is 1.69. The SMILES string of the molecule is CCOC(=O)c1cc(CC)sc1NC(=O)CNc1cc(Cl)ccc1N1CCOCC1. The summed E-state index contributed by atoms with van der Waals surface area (Å²) in [7, 11) is 0. The first-order chi connectivity index (χ1) is 14.5. The van der Waals surface area contributed by atoms with Crippen LogP contribution in [-0.2, 0) is 20.7 Å². The molecule has 1 aromatic heterocycles. The van der Waals surface area contributed by atoms with Crippen molar-refractivity contribution in [1.82, 2.24) is 0 Å². The number of ether oxygens (including phenoxy) is 2. The van der Waals surface area contributed by atoms with Crippen molar-refractivity contribution >= 4 is 51.2 Å². The van der Waals surface area contributed by atoms with Gasteiger partial charge in [-0.1, -0.05) is 18.5 Å². The van der Waals surface area contributed by atoms with Crippen LogP contribution in [-0.4, -0.2) is 51.3 Å². The molecular weight excluding hydrogens is 426 g/mol. The number of morpholine rings is 1. The molecular formula is C21H26ClN3O4S. The summed E-state index contributed by atoms with van der Waals surface area (Å²) < 4.78 is 10.5. The number of carbonyl (C=O) groups is 2. The molecule has 1 aliphatic heterocycles. The minimum Gasteiger partial charge on any atom is -0.462 e. The quantitative estimate of drug-likeness (QED) is 0.590. The molecule has 162 valence electrons. The molecule has 1 amide bonds. The van der Waals surface area contributed by atoms with E-state index >= 15 is 0 Å². The first-order valence-electron chi connectivity index (χ1n) is 9.97. The fraction of sp³-hybridized carbons (Fsp3) is 0.429. The van der Waals surface area contributed by atoms with Gasteiger partial charge in [-0.3, -0.25) is 4.79 Å². The maximum absolute atomic E-state index is 12.6. The van der Waals surface area contributed by atoms with Gasteiger partial charge in [0.05, 0.1) is 43.3 Å². The van der Waals surface area contributed by atoms with Crippen molar-refractivity contribution in [1.29, 1.82) is 0 Å². The van der Waals surface area contributed by atoms with Crippen LogP contribution in [0.4, 0.5) is 16.4 Å². The third-order valence-electron chi connectivity index (χ3n) is 4.63. The van der Waals surface area contributed by atoms with Crippen LogP contribution >= 0.6 is 22.9 Å². The summed E-state index contributed by atoms with van der Waals surface area (Å²) in [6.45, 7) is 6.96. The highest BCUT2D eigenvalue weighted by molar-refractivity contribution is 7.16. The Hall–Kier alpha value is -2.29. The smallest absolute Gasteiger partial charge is 0.341 e. The molecule has 0 bridgehead atoms. The van der Waals surface area contributed by atoms with E-state index < -0.39 is 5.97 Å². The molecule has 0 atom stereocenters. The number of nitrogens with zero attached hydrogens (tertiary/aromatic N) is 1. The largest absolute Gasteiger partial charge is 0.462 e. The van der Waals surface area contributed by atoms with Gasteiger partial charge in [0.25, 0.3) is 0 Å². The fourth-order valence-corrected chi connectivity index (χ4v) is 4.32. The highest BCUT2D eigenvalue weighted by atomic mass is 35.5. The van der Waals surface area contributed by atoms with Crippen molar-refractivity contribution < 1.29 is 19.1 Å². The molecule has 2 heterocycles. The first kappa shape index (κ1) is 22.4. The summed E-state index contributed by atoms with van der Waals surface area (Å²) in [5.74, 6) is -0.681. The van der Waals surface area contributed by atoms with Gasteiger partial charge in [0.2, 0.25) is 5.91 Å². The van der Waals surface area contributed by atoms with Crippen LogP contribution in [0, 0.1) is 0 Å². The summed E-state index contributed by atoms with van der Waals surface area (Å²) in [6.07, 6.45) is 0.774. The molecule has 30 heavy (non-hydrogen) atoms. The monoisotopic (exact) mass is 451 g/mol. The van der Waals surface area contributed by atoms with E-state index in [9.17, 15) is 9.59 Å². The van der Waals surface area contributed by atoms with E-state index in [1.165, 1.54) is 11.3 Å². The highest BCUT2D eigenvalue weighted by Gasteiger charge is 2.19. The normalized spacial score (nSPS) is 13.8. The molecule has 1 aliphatic rings. The van der Waals surface area contributed by atoms with E-state index in [1.54, 1.807) is 13.0 Å².